The van der Waals surface area contributed by atoms with Crippen LogP contribution in [-0.4, -0.2) is 16.5 Å². The molecule has 98 valence electrons. The van der Waals surface area contributed by atoms with Gasteiger partial charge >= 0.3 is 5.97 Å². The van der Waals surface area contributed by atoms with E-state index in [4.69, 9.17) is 11.6 Å². The molecule has 0 spiro atoms. The van der Waals surface area contributed by atoms with Gasteiger partial charge in [0, 0.05) is 11.3 Å². The van der Waals surface area contributed by atoms with Crippen LogP contribution in [0.2, 0.25) is 0 Å². The normalized spacial score (nSPS) is 27.4. The van der Waals surface area contributed by atoms with Gasteiger partial charge in [-0.15, -0.1) is 11.6 Å². The van der Waals surface area contributed by atoms with Gasteiger partial charge in [0.15, 0.2) is 0 Å². The molecule has 1 saturated carbocycles. The van der Waals surface area contributed by atoms with Gasteiger partial charge < -0.3 is 5.11 Å². The molecule has 4 heteroatoms. The molecule has 2 nitrogen and oxygen atoms in total. The molecular formula is C14H17ClO2S. The lowest BCUT2D eigenvalue weighted by atomic mass is 9.75. The summed E-state index contributed by atoms with van der Waals surface area (Å²) in [4.78, 5) is 11.7. The highest BCUT2D eigenvalue weighted by molar-refractivity contribution is 7.82. The maximum Gasteiger partial charge on any atom is 0.324 e. The van der Waals surface area contributed by atoms with Gasteiger partial charge in [0.1, 0.15) is 4.75 Å². The zero-order valence-electron chi connectivity index (χ0n) is 10.1. The number of carboxylic acid groups (broad SMARTS) is 1. The Balaban J connectivity index is 2.41. The molecule has 0 aliphatic heterocycles. The third-order valence-corrected chi connectivity index (χ3v) is 5.06. The quantitative estimate of drug-likeness (QED) is 0.656. The molecule has 1 fully saturated rings. The van der Waals surface area contributed by atoms with Crippen LogP contribution in [0.15, 0.2) is 30.3 Å². The number of hydrogen-bond donors (Lipinski definition) is 2. The molecule has 1 aliphatic rings. The number of thiol groups is 1. The number of aliphatic carboxylic acids is 1. The maximum absolute atomic E-state index is 11.7. The molecule has 3 unspecified atom stereocenters. The van der Waals surface area contributed by atoms with E-state index in [1.54, 1.807) is 0 Å². The van der Waals surface area contributed by atoms with Crippen molar-refractivity contribution in [1.82, 2.24) is 0 Å². The van der Waals surface area contributed by atoms with Crippen molar-refractivity contribution >= 4 is 30.2 Å². The fraction of sp³-hybridized carbons (Fsp3) is 0.500. The van der Waals surface area contributed by atoms with Crippen molar-refractivity contribution < 1.29 is 9.90 Å². The minimum absolute atomic E-state index is 0.118. The summed E-state index contributed by atoms with van der Waals surface area (Å²) in [5, 5.41) is 9.50. The Morgan fingerprint density at radius 3 is 2.44 bits per heavy atom. The van der Waals surface area contributed by atoms with Gasteiger partial charge in [-0.2, -0.15) is 12.6 Å². The van der Waals surface area contributed by atoms with Crippen molar-refractivity contribution in [1.29, 1.82) is 0 Å². The molecule has 2 rings (SSSR count). The molecule has 0 radical (unpaired) electrons. The van der Waals surface area contributed by atoms with Crippen molar-refractivity contribution in [2.24, 2.45) is 5.92 Å². The highest BCUT2D eigenvalue weighted by Crippen LogP contribution is 2.46. The molecule has 0 amide bonds. The number of hydrogen-bond acceptors (Lipinski definition) is 2. The zero-order valence-corrected chi connectivity index (χ0v) is 11.7. The molecule has 3 atom stereocenters. The Kier molecular flexibility index (Phi) is 4.23. The fourth-order valence-corrected chi connectivity index (χ4v) is 3.76. The first-order valence-corrected chi connectivity index (χ1v) is 7.10. The summed E-state index contributed by atoms with van der Waals surface area (Å²) >= 11 is 10.9. The van der Waals surface area contributed by atoms with Crippen LogP contribution in [0.25, 0.3) is 0 Å². The molecule has 1 aliphatic carbocycles. The lowest BCUT2D eigenvalue weighted by molar-refractivity contribution is -0.142. The number of carboxylic acids is 1. The summed E-state index contributed by atoms with van der Waals surface area (Å²) in [5.41, 5.74) is 0.721. The van der Waals surface area contributed by atoms with Gasteiger partial charge in [-0.25, -0.2) is 0 Å². The van der Waals surface area contributed by atoms with E-state index in [1.807, 2.05) is 30.3 Å². The minimum atomic E-state index is -1.19. The van der Waals surface area contributed by atoms with Crippen LogP contribution >= 0.6 is 24.2 Å². The number of benzene rings is 1. The summed E-state index contributed by atoms with van der Waals surface area (Å²) < 4.78 is -1.19. The van der Waals surface area contributed by atoms with Gasteiger partial charge in [-0.3, -0.25) is 4.79 Å². The minimum Gasteiger partial charge on any atom is -0.480 e. The third-order valence-electron chi connectivity index (χ3n) is 3.76. The van der Waals surface area contributed by atoms with Crippen LogP contribution in [0.4, 0.5) is 0 Å². The van der Waals surface area contributed by atoms with E-state index in [-0.39, 0.29) is 11.3 Å². The molecular weight excluding hydrogens is 268 g/mol. The maximum atomic E-state index is 11.7. The first-order valence-electron chi connectivity index (χ1n) is 6.22. The van der Waals surface area contributed by atoms with Crippen molar-refractivity contribution in [2.75, 3.05) is 0 Å². The van der Waals surface area contributed by atoms with Crippen molar-refractivity contribution in [3.8, 4) is 0 Å². The van der Waals surface area contributed by atoms with Crippen molar-refractivity contribution in [2.45, 2.75) is 35.8 Å². The van der Waals surface area contributed by atoms with Crippen LogP contribution in [0.5, 0.6) is 0 Å². The smallest absolute Gasteiger partial charge is 0.324 e. The van der Waals surface area contributed by atoms with Crippen LogP contribution in [0, 0.1) is 5.92 Å². The van der Waals surface area contributed by atoms with Gasteiger partial charge in [0.25, 0.3) is 0 Å². The first-order chi connectivity index (χ1) is 8.56. The Morgan fingerprint density at radius 2 is 1.89 bits per heavy atom. The summed E-state index contributed by atoms with van der Waals surface area (Å²) in [7, 11) is 0. The average Bonchev–Trinajstić information content (AvgIpc) is 2.39. The SMILES string of the molecule is O=C(O)C(S)(c1ccccc1)C1CCCCC1Cl. The Hall–Kier alpha value is -0.670. The molecule has 0 saturated heterocycles. The number of alkyl halides is 1. The molecule has 1 aromatic rings. The van der Waals surface area contributed by atoms with Gasteiger partial charge in [-0.05, 0) is 18.4 Å². The second-order valence-corrected chi connectivity index (χ2v) is 6.11. The van der Waals surface area contributed by atoms with E-state index in [9.17, 15) is 9.90 Å². The highest BCUT2D eigenvalue weighted by atomic mass is 35.5. The van der Waals surface area contributed by atoms with Gasteiger partial charge in [0.2, 0.25) is 0 Å². The molecule has 18 heavy (non-hydrogen) atoms. The lowest BCUT2D eigenvalue weighted by Crippen LogP contribution is -2.43. The summed E-state index contributed by atoms with van der Waals surface area (Å²) in [6.45, 7) is 0. The monoisotopic (exact) mass is 284 g/mol. The average molecular weight is 285 g/mol. The number of carbonyl (C=O) groups is 1. The highest BCUT2D eigenvalue weighted by Gasteiger charge is 2.47. The Bertz CT molecular complexity index is 423. The predicted molar refractivity (Wildman–Crippen MR) is 76.3 cm³/mol. The van der Waals surface area contributed by atoms with E-state index in [1.165, 1.54) is 0 Å². The predicted octanol–water partition coefficient (Wildman–Crippen LogP) is 3.69. The molecule has 0 bridgehead atoms. The zero-order chi connectivity index (χ0) is 13.2. The van der Waals surface area contributed by atoms with Crippen LogP contribution in [0.1, 0.15) is 31.2 Å². The van der Waals surface area contributed by atoms with Crippen LogP contribution in [-0.2, 0) is 9.54 Å². The second kappa shape index (κ2) is 5.54. The van der Waals surface area contributed by atoms with Crippen molar-refractivity contribution in [3.05, 3.63) is 35.9 Å². The third kappa shape index (κ3) is 2.39. The molecule has 1 aromatic carbocycles. The van der Waals surface area contributed by atoms with Crippen LogP contribution in [0.3, 0.4) is 0 Å². The standard InChI is InChI=1S/C14H17ClO2S/c15-12-9-5-4-8-11(12)14(18,13(16)17)10-6-2-1-3-7-10/h1-3,6-7,11-12,18H,4-5,8-9H2,(H,16,17). The molecule has 1 N–H and O–H groups in total. The summed E-state index contributed by atoms with van der Waals surface area (Å²) in [6.07, 6.45) is 3.78. The van der Waals surface area contributed by atoms with E-state index < -0.39 is 10.7 Å². The first kappa shape index (κ1) is 13.8. The second-order valence-electron chi connectivity index (χ2n) is 4.84. The summed E-state index contributed by atoms with van der Waals surface area (Å²) in [5.74, 6) is -1.04. The number of halogens is 1. The van der Waals surface area contributed by atoms with Gasteiger partial charge in [0.05, 0.1) is 0 Å². The summed E-state index contributed by atoms with van der Waals surface area (Å²) in [6, 6.07) is 9.20. The Morgan fingerprint density at radius 1 is 1.28 bits per heavy atom. The number of rotatable bonds is 3. The topological polar surface area (TPSA) is 37.3 Å². The van der Waals surface area contributed by atoms with E-state index >= 15 is 0 Å². The van der Waals surface area contributed by atoms with Gasteiger partial charge in [-0.1, -0.05) is 43.2 Å². The molecule has 0 heterocycles. The lowest BCUT2D eigenvalue weighted by Gasteiger charge is -2.38. The fourth-order valence-electron chi connectivity index (χ4n) is 2.74. The molecule has 0 aromatic heterocycles. The largest absolute Gasteiger partial charge is 0.480 e. The Labute approximate surface area is 118 Å². The van der Waals surface area contributed by atoms with E-state index in [0.717, 1.165) is 31.2 Å². The van der Waals surface area contributed by atoms with E-state index in [2.05, 4.69) is 12.6 Å². The van der Waals surface area contributed by atoms with Crippen LogP contribution < -0.4 is 0 Å². The van der Waals surface area contributed by atoms with Crippen molar-refractivity contribution in [3.63, 3.8) is 0 Å². The van der Waals surface area contributed by atoms with E-state index in [0.29, 0.717) is 0 Å².